The van der Waals surface area contributed by atoms with Crippen molar-refractivity contribution in [1.29, 1.82) is 0 Å². The van der Waals surface area contributed by atoms with Crippen LogP contribution in [-0.4, -0.2) is 49.3 Å². The molecular weight excluding hydrogens is 798 g/mol. The van der Waals surface area contributed by atoms with E-state index in [0.717, 1.165) is 51.4 Å². The molecule has 0 amide bonds. The van der Waals surface area contributed by atoms with Crippen LogP contribution in [0, 0.1) is 0 Å². The molecule has 62 heavy (non-hydrogen) atoms. The molecule has 0 aliphatic heterocycles. The number of ether oxygens (including phenoxy) is 2. The van der Waals surface area contributed by atoms with Crippen LogP contribution >= 0.6 is 7.82 Å². The first kappa shape index (κ1) is 60.5. The van der Waals surface area contributed by atoms with Gasteiger partial charge in [-0.15, -0.1) is 0 Å². The van der Waals surface area contributed by atoms with Gasteiger partial charge in [0.05, 0.1) is 13.2 Å². The predicted octanol–water partition coefficient (Wildman–Crippen LogP) is 15.9. The highest BCUT2D eigenvalue weighted by molar-refractivity contribution is 7.47. The lowest BCUT2D eigenvalue weighted by Crippen LogP contribution is -2.29. The van der Waals surface area contributed by atoms with Crippen molar-refractivity contribution in [3.8, 4) is 0 Å². The highest BCUT2D eigenvalue weighted by atomic mass is 31.2. The number of esters is 2. The molecule has 0 heterocycles. The lowest BCUT2D eigenvalue weighted by Gasteiger charge is -2.19. The fraction of sp³-hybridized carbons (Fsp3) is 0.885. The predicted molar refractivity (Wildman–Crippen MR) is 261 cm³/mol. The van der Waals surface area contributed by atoms with E-state index in [1.54, 1.807) is 0 Å². The molecule has 2 unspecified atom stereocenters. The SMILES string of the molecule is CCCCCCC/C=C\CCCCCCCC(=O)OCC(COP(=O)(O)OCCN)OC(=O)CCCCCCCCCCCCCCCCC/C=C\CCCCCCCCCC. The summed E-state index contributed by atoms with van der Waals surface area (Å²) in [6.45, 7) is 3.75. The Hall–Kier alpha value is -1.51. The number of hydrogen-bond donors (Lipinski definition) is 2. The molecular formula is C52H100NO8P. The number of rotatable bonds is 50. The van der Waals surface area contributed by atoms with E-state index in [0.29, 0.717) is 6.42 Å². The van der Waals surface area contributed by atoms with Crippen molar-refractivity contribution < 1.29 is 37.6 Å². The maximum absolute atomic E-state index is 12.7. The minimum Gasteiger partial charge on any atom is -0.462 e. The second kappa shape index (κ2) is 48.9. The summed E-state index contributed by atoms with van der Waals surface area (Å²) in [7, 11) is -4.38. The van der Waals surface area contributed by atoms with E-state index >= 15 is 0 Å². The summed E-state index contributed by atoms with van der Waals surface area (Å²) in [6.07, 6.45) is 55.1. The Morgan fingerprint density at radius 1 is 0.468 bits per heavy atom. The van der Waals surface area contributed by atoms with Crippen molar-refractivity contribution in [1.82, 2.24) is 0 Å². The summed E-state index contributed by atoms with van der Waals surface area (Å²) in [5.41, 5.74) is 5.36. The number of phosphoric ester groups is 1. The fourth-order valence-electron chi connectivity index (χ4n) is 7.63. The van der Waals surface area contributed by atoms with Gasteiger partial charge in [0.15, 0.2) is 6.10 Å². The van der Waals surface area contributed by atoms with E-state index < -0.39 is 26.5 Å². The number of carbonyl (C=O) groups excluding carboxylic acids is 2. The van der Waals surface area contributed by atoms with Gasteiger partial charge < -0.3 is 20.1 Å². The molecule has 2 atom stereocenters. The topological polar surface area (TPSA) is 134 Å². The highest BCUT2D eigenvalue weighted by Crippen LogP contribution is 2.43. The molecule has 0 bridgehead atoms. The van der Waals surface area contributed by atoms with Crippen LogP contribution in [0.25, 0.3) is 0 Å². The molecule has 0 rings (SSSR count). The van der Waals surface area contributed by atoms with Gasteiger partial charge in [-0.05, 0) is 64.2 Å². The van der Waals surface area contributed by atoms with Crippen molar-refractivity contribution in [3.05, 3.63) is 24.3 Å². The maximum atomic E-state index is 12.7. The Labute approximate surface area is 382 Å². The molecule has 0 spiro atoms. The third kappa shape index (κ3) is 48.0. The van der Waals surface area contributed by atoms with Crippen LogP contribution in [0.1, 0.15) is 264 Å². The molecule has 0 saturated carbocycles. The summed E-state index contributed by atoms with van der Waals surface area (Å²) < 4.78 is 32.9. The van der Waals surface area contributed by atoms with Crippen LogP contribution in [0.3, 0.4) is 0 Å². The largest absolute Gasteiger partial charge is 0.472 e. The molecule has 0 aliphatic rings. The van der Waals surface area contributed by atoms with Crippen molar-refractivity contribution in [2.24, 2.45) is 5.73 Å². The summed E-state index contributed by atoms with van der Waals surface area (Å²) in [5.74, 6) is -0.827. The van der Waals surface area contributed by atoms with E-state index in [-0.39, 0.29) is 38.6 Å². The van der Waals surface area contributed by atoms with Crippen LogP contribution in [-0.2, 0) is 32.7 Å². The summed E-state index contributed by atoms with van der Waals surface area (Å²) in [6, 6.07) is 0. The zero-order chi connectivity index (χ0) is 45.3. The quantitative estimate of drug-likeness (QED) is 0.0265. The molecule has 0 aromatic rings. The molecule has 0 fully saturated rings. The average molecular weight is 898 g/mol. The van der Waals surface area contributed by atoms with Crippen molar-refractivity contribution in [2.75, 3.05) is 26.4 Å². The molecule has 3 N–H and O–H groups in total. The number of hydrogen-bond acceptors (Lipinski definition) is 8. The van der Waals surface area contributed by atoms with Gasteiger partial charge in [-0.3, -0.25) is 18.6 Å². The number of phosphoric acid groups is 1. The zero-order valence-electron chi connectivity index (χ0n) is 40.6. The minimum absolute atomic E-state index is 0.0541. The number of allylic oxidation sites excluding steroid dienone is 4. The third-order valence-corrected chi connectivity index (χ3v) is 12.5. The van der Waals surface area contributed by atoms with Crippen LogP contribution in [0.5, 0.6) is 0 Å². The van der Waals surface area contributed by atoms with Crippen molar-refractivity contribution >= 4 is 19.8 Å². The monoisotopic (exact) mass is 898 g/mol. The minimum atomic E-state index is -4.38. The molecule has 366 valence electrons. The Balaban J connectivity index is 3.94. The van der Waals surface area contributed by atoms with Gasteiger partial charge in [0.1, 0.15) is 6.61 Å². The number of carbonyl (C=O) groups is 2. The van der Waals surface area contributed by atoms with E-state index in [1.807, 2.05) is 0 Å². The number of nitrogens with two attached hydrogens (primary N) is 1. The third-order valence-electron chi connectivity index (χ3n) is 11.6. The van der Waals surface area contributed by atoms with Crippen LogP contribution in [0.15, 0.2) is 24.3 Å². The zero-order valence-corrected chi connectivity index (χ0v) is 41.5. The van der Waals surface area contributed by atoms with Gasteiger partial charge in [-0.25, -0.2) is 4.57 Å². The molecule has 0 saturated heterocycles. The average Bonchev–Trinajstić information content (AvgIpc) is 3.26. The van der Waals surface area contributed by atoms with Gasteiger partial charge in [-0.2, -0.15) is 0 Å². The molecule has 0 aliphatic carbocycles. The van der Waals surface area contributed by atoms with Gasteiger partial charge in [0, 0.05) is 19.4 Å². The molecule has 9 nitrogen and oxygen atoms in total. The highest BCUT2D eigenvalue weighted by Gasteiger charge is 2.26. The summed E-state index contributed by atoms with van der Waals surface area (Å²) >= 11 is 0. The number of unbranched alkanes of at least 4 members (excludes halogenated alkanes) is 33. The second-order valence-electron chi connectivity index (χ2n) is 17.7. The van der Waals surface area contributed by atoms with Gasteiger partial charge >= 0.3 is 19.8 Å². The molecule has 0 aromatic carbocycles. The first-order valence-electron chi connectivity index (χ1n) is 26.3. The van der Waals surface area contributed by atoms with Crippen LogP contribution in [0.2, 0.25) is 0 Å². The van der Waals surface area contributed by atoms with Crippen LogP contribution < -0.4 is 5.73 Å². The summed E-state index contributed by atoms with van der Waals surface area (Å²) in [4.78, 5) is 35.0. The maximum Gasteiger partial charge on any atom is 0.472 e. The van der Waals surface area contributed by atoms with Crippen LogP contribution in [0.4, 0.5) is 0 Å². The van der Waals surface area contributed by atoms with E-state index in [1.165, 1.54) is 180 Å². The van der Waals surface area contributed by atoms with Gasteiger partial charge in [-0.1, -0.05) is 212 Å². The Kier molecular flexibility index (Phi) is 47.7. The first-order valence-corrected chi connectivity index (χ1v) is 27.8. The Morgan fingerprint density at radius 3 is 1.15 bits per heavy atom. The van der Waals surface area contributed by atoms with Gasteiger partial charge in [0.2, 0.25) is 0 Å². The molecule has 10 heteroatoms. The van der Waals surface area contributed by atoms with E-state index in [4.69, 9.17) is 24.3 Å². The molecule has 0 radical (unpaired) electrons. The Bertz CT molecular complexity index is 1070. The smallest absolute Gasteiger partial charge is 0.462 e. The summed E-state index contributed by atoms with van der Waals surface area (Å²) in [5, 5.41) is 0. The fourth-order valence-corrected chi connectivity index (χ4v) is 8.39. The lowest BCUT2D eigenvalue weighted by atomic mass is 10.0. The first-order chi connectivity index (χ1) is 30.3. The van der Waals surface area contributed by atoms with E-state index in [9.17, 15) is 19.0 Å². The Morgan fingerprint density at radius 2 is 0.790 bits per heavy atom. The van der Waals surface area contributed by atoms with E-state index in [2.05, 4.69) is 38.2 Å². The van der Waals surface area contributed by atoms with Crippen molar-refractivity contribution in [3.63, 3.8) is 0 Å². The van der Waals surface area contributed by atoms with Gasteiger partial charge in [0.25, 0.3) is 0 Å². The normalized spacial score (nSPS) is 13.3. The standard InChI is InChI=1S/C52H100NO8P/c1-3-5-7-9-11-13-15-17-19-20-21-22-23-24-25-26-27-28-29-30-31-33-35-37-39-41-43-45-52(55)61-50(49-60-62(56,57)59-47-46-53)48-58-51(54)44-42-40-38-36-34-32-18-16-14-12-10-8-6-4-2/h16,18,20-21,50H,3-15,17,19,22-49,53H2,1-2H3,(H,56,57)/b18-16-,21-20-. The second-order valence-corrected chi connectivity index (χ2v) is 19.2. The lowest BCUT2D eigenvalue weighted by molar-refractivity contribution is -0.161. The molecule has 0 aromatic heterocycles. The van der Waals surface area contributed by atoms with Crippen molar-refractivity contribution in [2.45, 2.75) is 270 Å².